The zero-order chi connectivity index (χ0) is 14.9. The first kappa shape index (κ1) is 15.3. The van der Waals surface area contributed by atoms with E-state index in [1.807, 2.05) is 19.9 Å². The highest BCUT2D eigenvalue weighted by molar-refractivity contribution is 7.89. The van der Waals surface area contributed by atoms with E-state index in [9.17, 15) is 8.42 Å². The van der Waals surface area contributed by atoms with Crippen LogP contribution in [0.3, 0.4) is 0 Å². The van der Waals surface area contributed by atoms with Crippen molar-refractivity contribution in [1.82, 2.24) is 4.31 Å². The lowest BCUT2D eigenvalue weighted by atomic mass is 10.1. The lowest BCUT2D eigenvalue weighted by Crippen LogP contribution is -2.45. The van der Waals surface area contributed by atoms with E-state index in [0.29, 0.717) is 25.4 Å². The van der Waals surface area contributed by atoms with Gasteiger partial charge in [-0.05, 0) is 37.5 Å². The molecule has 1 heterocycles. The fraction of sp³-hybridized carbons (Fsp3) is 0.571. The first-order valence-corrected chi connectivity index (χ1v) is 8.29. The van der Waals surface area contributed by atoms with E-state index in [0.717, 1.165) is 17.5 Å². The maximum absolute atomic E-state index is 12.8. The van der Waals surface area contributed by atoms with E-state index in [2.05, 4.69) is 0 Å². The third-order valence-electron chi connectivity index (χ3n) is 3.86. The van der Waals surface area contributed by atoms with Gasteiger partial charge in [0.2, 0.25) is 10.0 Å². The van der Waals surface area contributed by atoms with Gasteiger partial charge in [-0.15, -0.1) is 0 Å². The Kier molecular flexibility index (Phi) is 4.36. The number of hydrogen-bond donors (Lipinski definition) is 1. The second-order valence-corrected chi connectivity index (χ2v) is 7.06. The fourth-order valence-corrected chi connectivity index (χ4v) is 4.29. The van der Waals surface area contributed by atoms with Crippen LogP contribution in [0.1, 0.15) is 24.5 Å². The monoisotopic (exact) mass is 298 g/mol. The lowest BCUT2D eigenvalue weighted by Gasteiger charge is -2.32. The number of ether oxygens (including phenoxy) is 1. The summed E-state index contributed by atoms with van der Waals surface area (Å²) in [5.74, 6) is 0. The highest BCUT2D eigenvalue weighted by Gasteiger charge is 2.32. The van der Waals surface area contributed by atoms with E-state index < -0.39 is 10.0 Å². The molecule has 0 spiro atoms. The molecule has 0 saturated carbocycles. The number of sulfonamides is 1. The smallest absolute Gasteiger partial charge is 0.245 e. The largest absolute Gasteiger partial charge is 0.398 e. The fourth-order valence-electron chi connectivity index (χ4n) is 2.44. The number of hydrogen-bond acceptors (Lipinski definition) is 4. The van der Waals surface area contributed by atoms with Gasteiger partial charge < -0.3 is 10.5 Å². The number of rotatable bonds is 3. The van der Waals surface area contributed by atoms with Crippen LogP contribution in [0.4, 0.5) is 5.69 Å². The summed E-state index contributed by atoms with van der Waals surface area (Å²) in [5, 5.41) is 0. The molecule has 5 nitrogen and oxygen atoms in total. The molecule has 1 aromatic rings. The average molecular weight is 298 g/mol. The summed E-state index contributed by atoms with van der Waals surface area (Å²) in [5.41, 5.74) is 7.88. The van der Waals surface area contributed by atoms with Crippen LogP contribution in [0.2, 0.25) is 0 Å². The summed E-state index contributed by atoms with van der Waals surface area (Å²) >= 11 is 0. The first-order valence-electron chi connectivity index (χ1n) is 6.85. The Balaban J connectivity index is 2.43. The van der Waals surface area contributed by atoms with Crippen LogP contribution >= 0.6 is 0 Å². The summed E-state index contributed by atoms with van der Waals surface area (Å²) in [6.07, 6.45) is 0.763. The van der Waals surface area contributed by atoms with Crippen molar-refractivity contribution in [2.45, 2.75) is 38.2 Å². The molecule has 112 valence electrons. The molecule has 1 atom stereocenters. The maximum atomic E-state index is 12.8. The molecule has 2 rings (SSSR count). The van der Waals surface area contributed by atoms with Crippen LogP contribution in [0.25, 0.3) is 0 Å². The molecule has 1 saturated heterocycles. The Morgan fingerprint density at radius 2 is 2.10 bits per heavy atom. The Bertz CT molecular complexity index is 599. The van der Waals surface area contributed by atoms with Gasteiger partial charge in [-0.25, -0.2) is 8.42 Å². The molecule has 20 heavy (non-hydrogen) atoms. The Morgan fingerprint density at radius 1 is 1.40 bits per heavy atom. The van der Waals surface area contributed by atoms with Crippen LogP contribution in [0.15, 0.2) is 17.0 Å². The van der Waals surface area contributed by atoms with E-state index in [1.165, 1.54) is 4.31 Å². The first-order chi connectivity index (χ1) is 9.37. The molecule has 1 fully saturated rings. The molecule has 6 heteroatoms. The number of anilines is 1. The van der Waals surface area contributed by atoms with E-state index in [4.69, 9.17) is 10.5 Å². The summed E-state index contributed by atoms with van der Waals surface area (Å²) < 4.78 is 32.7. The van der Waals surface area contributed by atoms with Crippen molar-refractivity contribution in [3.05, 3.63) is 23.3 Å². The third kappa shape index (κ3) is 2.68. The molecule has 1 aliphatic heterocycles. The molecular formula is C14H22N2O3S. The molecule has 1 aromatic carbocycles. The normalized spacial score (nSPS) is 21.1. The van der Waals surface area contributed by atoms with Gasteiger partial charge in [0.1, 0.15) is 4.90 Å². The van der Waals surface area contributed by atoms with Gasteiger partial charge in [-0.2, -0.15) is 4.31 Å². The van der Waals surface area contributed by atoms with Gasteiger partial charge in [0.05, 0.1) is 18.4 Å². The molecule has 0 aromatic heterocycles. The topological polar surface area (TPSA) is 72.6 Å². The van der Waals surface area contributed by atoms with Crippen LogP contribution in [-0.2, 0) is 14.8 Å². The zero-order valence-electron chi connectivity index (χ0n) is 12.2. The van der Waals surface area contributed by atoms with Crippen molar-refractivity contribution in [3.8, 4) is 0 Å². The highest BCUT2D eigenvalue weighted by Crippen LogP contribution is 2.29. The van der Waals surface area contributed by atoms with Crippen molar-refractivity contribution < 1.29 is 13.2 Å². The average Bonchev–Trinajstić information content (AvgIpc) is 2.43. The molecule has 0 radical (unpaired) electrons. The third-order valence-corrected chi connectivity index (χ3v) is 5.93. The molecular weight excluding hydrogens is 276 g/mol. The molecule has 0 aliphatic carbocycles. The summed E-state index contributed by atoms with van der Waals surface area (Å²) in [6.45, 7) is 6.89. The standard InChI is InChI=1S/C14H22N2O3S/c1-4-12-9-16(7-8-19-12)20(17,18)14-11(3)10(2)5-6-13(14)15/h5-6,12H,4,7-9,15H2,1-3H3. The molecule has 0 bridgehead atoms. The number of nitrogens with two attached hydrogens (primary N) is 1. The predicted octanol–water partition coefficient (Wildman–Crippen LogP) is 1.69. The summed E-state index contributed by atoms with van der Waals surface area (Å²) in [7, 11) is -3.56. The number of aryl methyl sites for hydroxylation is 1. The van der Waals surface area contributed by atoms with Gasteiger partial charge in [0.15, 0.2) is 0 Å². The maximum Gasteiger partial charge on any atom is 0.245 e. The van der Waals surface area contributed by atoms with Crippen molar-refractivity contribution >= 4 is 15.7 Å². The van der Waals surface area contributed by atoms with Crippen molar-refractivity contribution in [2.24, 2.45) is 0 Å². The van der Waals surface area contributed by atoms with E-state index in [1.54, 1.807) is 13.0 Å². The minimum Gasteiger partial charge on any atom is -0.398 e. The zero-order valence-corrected chi connectivity index (χ0v) is 13.0. The van der Waals surface area contributed by atoms with E-state index >= 15 is 0 Å². The minimum atomic E-state index is -3.56. The molecule has 1 unspecified atom stereocenters. The number of morpholine rings is 1. The number of nitrogens with zero attached hydrogens (tertiary/aromatic N) is 1. The van der Waals surface area contributed by atoms with Crippen molar-refractivity contribution in [2.75, 3.05) is 25.4 Å². The minimum absolute atomic E-state index is 0.0372. The number of benzene rings is 1. The van der Waals surface area contributed by atoms with Gasteiger partial charge >= 0.3 is 0 Å². The van der Waals surface area contributed by atoms with Gasteiger partial charge in [0.25, 0.3) is 0 Å². The SMILES string of the molecule is CCC1CN(S(=O)(=O)c2c(N)ccc(C)c2C)CCO1. The second kappa shape index (κ2) is 5.71. The Hall–Kier alpha value is -1.11. The number of nitrogen functional groups attached to an aromatic ring is 1. The Labute approximate surface area is 120 Å². The highest BCUT2D eigenvalue weighted by atomic mass is 32.2. The van der Waals surface area contributed by atoms with E-state index in [-0.39, 0.29) is 11.0 Å². The van der Waals surface area contributed by atoms with Crippen LogP contribution in [0, 0.1) is 13.8 Å². The molecule has 2 N–H and O–H groups in total. The van der Waals surface area contributed by atoms with Gasteiger partial charge in [-0.1, -0.05) is 13.0 Å². The quantitative estimate of drug-likeness (QED) is 0.862. The lowest BCUT2D eigenvalue weighted by molar-refractivity contribution is -0.00277. The van der Waals surface area contributed by atoms with Crippen LogP contribution < -0.4 is 5.73 Å². The predicted molar refractivity (Wildman–Crippen MR) is 79.1 cm³/mol. The summed E-state index contributed by atoms with van der Waals surface area (Å²) in [4.78, 5) is 0.245. The Morgan fingerprint density at radius 3 is 2.75 bits per heavy atom. The second-order valence-electron chi connectivity index (χ2n) is 5.19. The summed E-state index contributed by atoms with van der Waals surface area (Å²) in [6, 6.07) is 3.50. The van der Waals surface area contributed by atoms with Crippen LogP contribution in [0.5, 0.6) is 0 Å². The molecule has 1 aliphatic rings. The van der Waals surface area contributed by atoms with Gasteiger partial charge in [-0.3, -0.25) is 0 Å². The molecule has 0 amide bonds. The van der Waals surface area contributed by atoms with Crippen molar-refractivity contribution in [1.29, 1.82) is 0 Å². The van der Waals surface area contributed by atoms with Crippen LogP contribution in [-0.4, -0.2) is 38.5 Å². The van der Waals surface area contributed by atoms with Gasteiger partial charge in [0, 0.05) is 13.1 Å². The van der Waals surface area contributed by atoms with Crippen molar-refractivity contribution in [3.63, 3.8) is 0 Å².